The van der Waals surface area contributed by atoms with E-state index >= 15 is 0 Å². The highest BCUT2D eigenvalue weighted by Gasteiger charge is 2.25. The largest absolute Gasteiger partial charge is 0.496 e. The third kappa shape index (κ3) is 3.61. The quantitative estimate of drug-likeness (QED) is 0.656. The lowest BCUT2D eigenvalue weighted by molar-refractivity contribution is -0.384. The molecule has 3 rings (SSSR count). The molecule has 2 aromatic carbocycles. The standard InChI is InChI=1S/C19H21N3O4/c1-13-7-8-14-5-3-4-6-17(14)21(13)12-19(23)20-16-10-9-15(26-2)11-18(16)22(24)25/h3-6,9-11,13H,7-8,12H2,1-2H3,(H,20,23)/t13-/m0/s1. The first-order valence-electron chi connectivity index (χ1n) is 8.46. The molecule has 0 aliphatic carbocycles. The van der Waals surface area contributed by atoms with Crippen molar-refractivity contribution in [3.8, 4) is 5.75 Å². The second-order valence-electron chi connectivity index (χ2n) is 6.33. The van der Waals surface area contributed by atoms with Gasteiger partial charge in [-0.15, -0.1) is 0 Å². The molecule has 7 heteroatoms. The zero-order valence-electron chi connectivity index (χ0n) is 14.8. The summed E-state index contributed by atoms with van der Waals surface area (Å²) < 4.78 is 5.01. The molecule has 1 aliphatic heterocycles. The van der Waals surface area contributed by atoms with Crippen LogP contribution in [0.2, 0.25) is 0 Å². The minimum absolute atomic E-state index is 0.140. The van der Waals surface area contributed by atoms with E-state index in [1.165, 1.54) is 24.8 Å². The number of nitrogens with one attached hydrogen (secondary N) is 1. The maximum atomic E-state index is 12.6. The number of fused-ring (bicyclic) bond motifs is 1. The summed E-state index contributed by atoms with van der Waals surface area (Å²) in [5.41, 5.74) is 2.24. The van der Waals surface area contributed by atoms with Gasteiger partial charge in [-0.1, -0.05) is 18.2 Å². The molecular weight excluding hydrogens is 334 g/mol. The van der Waals surface area contributed by atoms with E-state index in [-0.39, 0.29) is 29.9 Å². The molecule has 1 N–H and O–H groups in total. The fourth-order valence-corrected chi connectivity index (χ4v) is 3.24. The van der Waals surface area contributed by atoms with Crippen molar-refractivity contribution in [2.75, 3.05) is 23.9 Å². The van der Waals surface area contributed by atoms with Crippen molar-refractivity contribution in [2.24, 2.45) is 0 Å². The number of nitro groups is 1. The zero-order valence-corrected chi connectivity index (χ0v) is 14.8. The van der Waals surface area contributed by atoms with Gasteiger partial charge in [-0.25, -0.2) is 0 Å². The fraction of sp³-hybridized carbons (Fsp3) is 0.316. The van der Waals surface area contributed by atoms with Crippen molar-refractivity contribution >= 4 is 23.0 Å². The van der Waals surface area contributed by atoms with Crippen molar-refractivity contribution in [2.45, 2.75) is 25.8 Å². The van der Waals surface area contributed by atoms with E-state index in [0.717, 1.165) is 18.5 Å². The zero-order chi connectivity index (χ0) is 18.7. The molecule has 7 nitrogen and oxygen atoms in total. The summed E-state index contributed by atoms with van der Waals surface area (Å²) in [6.07, 6.45) is 1.95. The van der Waals surface area contributed by atoms with Gasteiger partial charge in [0, 0.05) is 11.7 Å². The van der Waals surface area contributed by atoms with Gasteiger partial charge in [-0.2, -0.15) is 0 Å². The summed E-state index contributed by atoms with van der Waals surface area (Å²) in [6.45, 7) is 2.22. The van der Waals surface area contributed by atoms with Crippen molar-refractivity contribution in [1.82, 2.24) is 0 Å². The summed E-state index contributed by atoms with van der Waals surface area (Å²) in [4.78, 5) is 25.3. The van der Waals surface area contributed by atoms with Crippen molar-refractivity contribution in [3.05, 3.63) is 58.1 Å². The van der Waals surface area contributed by atoms with Gasteiger partial charge in [0.1, 0.15) is 11.4 Å². The van der Waals surface area contributed by atoms with Crippen LogP contribution in [-0.4, -0.2) is 30.5 Å². The molecule has 0 bridgehead atoms. The predicted molar refractivity (Wildman–Crippen MR) is 99.8 cm³/mol. The lowest BCUT2D eigenvalue weighted by Gasteiger charge is -2.36. The molecule has 1 atom stereocenters. The SMILES string of the molecule is COc1ccc(NC(=O)CN2c3ccccc3CC[C@@H]2C)c([N+](=O)[O-])c1. The van der Waals surface area contributed by atoms with E-state index in [0.29, 0.717) is 5.75 Å². The lowest BCUT2D eigenvalue weighted by Crippen LogP contribution is -2.42. The van der Waals surface area contributed by atoms with E-state index in [4.69, 9.17) is 4.74 Å². The lowest BCUT2D eigenvalue weighted by atomic mass is 9.96. The molecule has 1 amide bonds. The number of carbonyl (C=O) groups excluding carboxylic acids is 1. The molecule has 0 radical (unpaired) electrons. The second kappa shape index (κ2) is 7.43. The van der Waals surface area contributed by atoms with E-state index in [1.807, 2.05) is 23.1 Å². The van der Waals surface area contributed by atoms with Crippen LogP contribution in [0.15, 0.2) is 42.5 Å². The third-order valence-corrected chi connectivity index (χ3v) is 4.65. The molecular formula is C19H21N3O4. The fourth-order valence-electron chi connectivity index (χ4n) is 3.24. The number of carbonyl (C=O) groups is 1. The van der Waals surface area contributed by atoms with Crippen molar-refractivity contribution in [1.29, 1.82) is 0 Å². The molecule has 1 aliphatic rings. The van der Waals surface area contributed by atoms with Gasteiger partial charge in [-0.05, 0) is 43.5 Å². The Kier molecular flexibility index (Phi) is 5.06. The predicted octanol–water partition coefficient (Wildman–Crippen LogP) is 3.38. The number of ether oxygens (including phenoxy) is 1. The number of nitro benzene ring substituents is 1. The van der Waals surface area contributed by atoms with Crippen LogP contribution in [0.3, 0.4) is 0 Å². The molecule has 0 unspecified atom stereocenters. The molecule has 2 aromatic rings. The van der Waals surface area contributed by atoms with Crippen LogP contribution in [0.5, 0.6) is 5.75 Å². The minimum atomic E-state index is -0.531. The number of nitrogens with zero attached hydrogens (tertiary/aromatic N) is 2. The van der Waals surface area contributed by atoms with Crippen LogP contribution in [-0.2, 0) is 11.2 Å². The molecule has 1 heterocycles. The minimum Gasteiger partial charge on any atom is -0.496 e. The number of benzene rings is 2. The Labute approximate surface area is 151 Å². The van der Waals surface area contributed by atoms with Crippen LogP contribution in [0, 0.1) is 10.1 Å². The maximum Gasteiger partial charge on any atom is 0.296 e. The number of hydrogen-bond donors (Lipinski definition) is 1. The number of aryl methyl sites for hydroxylation is 1. The Bertz CT molecular complexity index is 837. The number of hydrogen-bond acceptors (Lipinski definition) is 5. The number of amides is 1. The smallest absolute Gasteiger partial charge is 0.296 e. The highest BCUT2D eigenvalue weighted by Crippen LogP contribution is 2.31. The second-order valence-corrected chi connectivity index (χ2v) is 6.33. The average Bonchev–Trinajstić information content (AvgIpc) is 2.64. The Hall–Kier alpha value is -3.09. The van der Waals surface area contributed by atoms with Crippen molar-refractivity contribution < 1.29 is 14.5 Å². The molecule has 136 valence electrons. The van der Waals surface area contributed by atoms with Gasteiger partial charge >= 0.3 is 0 Å². The summed E-state index contributed by atoms with van der Waals surface area (Å²) in [5, 5.41) is 13.9. The van der Waals surface area contributed by atoms with E-state index in [2.05, 4.69) is 18.3 Å². The summed E-state index contributed by atoms with van der Waals surface area (Å²) >= 11 is 0. The first-order valence-corrected chi connectivity index (χ1v) is 8.46. The highest BCUT2D eigenvalue weighted by molar-refractivity contribution is 5.96. The summed E-state index contributed by atoms with van der Waals surface area (Å²) in [5.74, 6) is 0.0788. The average molecular weight is 355 g/mol. The molecule has 0 saturated heterocycles. The Balaban J connectivity index is 1.79. The van der Waals surface area contributed by atoms with E-state index in [9.17, 15) is 14.9 Å². The molecule has 0 fully saturated rings. The van der Waals surface area contributed by atoms with Gasteiger partial charge in [0.05, 0.1) is 24.6 Å². The Morgan fingerprint density at radius 1 is 1.35 bits per heavy atom. The van der Waals surface area contributed by atoms with Gasteiger partial charge < -0.3 is 15.0 Å². The van der Waals surface area contributed by atoms with Gasteiger partial charge in [0.15, 0.2) is 0 Å². The van der Waals surface area contributed by atoms with E-state index in [1.54, 1.807) is 6.07 Å². The number of rotatable bonds is 5. The topological polar surface area (TPSA) is 84.7 Å². The van der Waals surface area contributed by atoms with Gasteiger partial charge in [0.25, 0.3) is 5.69 Å². The molecule has 26 heavy (non-hydrogen) atoms. The summed E-state index contributed by atoms with van der Waals surface area (Å²) in [7, 11) is 1.44. The van der Waals surface area contributed by atoms with Crippen LogP contribution in [0.4, 0.5) is 17.1 Å². The number of methoxy groups -OCH3 is 1. The monoisotopic (exact) mass is 355 g/mol. The van der Waals surface area contributed by atoms with Crippen LogP contribution >= 0.6 is 0 Å². The first-order chi connectivity index (χ1) is 12.5. The Morgan fingerprint density at radius 3 is 2.85 bits per heavy atom. The Morgan fingerprint density at radius 2 is 2.12 bits per heavy atom. The third-order valence-electron chi connectivity index (χ3n) is 4.65. The first kappa shape index (κ1) is 17.7. The van der Waals surface area contributed by atoms with Crippen LogP contribution in [0.1, 0.15) is 18.9 Å². The highest BCUT2D eigenvalue weighted by atomic mass is 16.6. The van der Waals surface area contributed by atoms with Gasteiger partial charge in [0.2, 0.25) is 5.91 Å². The van der Waals surface area contributed by atoms with Gasteiger partial charge in [-0.3, -0.25) is 14.9 Å². The molecule has 0 aromatic heterocycles. The van der Waals surface area contributed by atoms with E-state index < -0.39 is 4.92 Å². The number of anilines is 2. The van der Waals surface area contributed by atoms with Crippen LogP contribution < -0.4 is 15.0 Å². The maximum absolute atomic E-state index is 12.6. The van der Waals surface area contributed by atoms with Crippen molar-refractivity contribution in [3.63, 3.8) is 0 Å². The summed E-state index contributed by atoms with van der Waals surface area (Å²) in [6, 6.07) is 12.6. The number of para-hydroxylation sites is 1. The molecule has 0 spiro atoms. The normalized spacial score (nSPS) is 15.9. The molecule has 0 saturated carbocycles. The van der Waals surface area contributed by atoms with Crippen LogP contribution in [0.25, 0.3) is 0 Å².